The lowest BCUT2D eigenvalue weighted by atomic mass is 10.1. The van der Waals surface area contributed by atoms with Crippen molar-refractivity contribution in [2.45, 2.75) is 6.04 Å². The molecule has 0 radical (unpaired) electrons. The fourth-order valence-electron chi connectivity index (χ4n) is 1.52. The number of carbonyl (C=O) groups is 1. The molecule has 0 spiro atoms. The second kappa shape index (κ2) is 5.92. The van der Waals surface area contributed by atoms with Crippen molar-refractivity contribution in [3.05, 3.63) is 16.1 Å². The van der Waals surface area contributed by atoms with E-state index in [2.05, 4.69) is 15.9 Å². The van der Waals surface area contributed by atoms with Gasteiger partial charge in [0.1, 0.15) is 16.3 Å². The van der Waals surface area contributed by atoms with Gasteiger partial charge in [-0.15, -0.1) is 0 Å². The molecule has 7 heteroatoms. The molecule has 0 aliphatic rings. The van der Waals surface area contributed by atoms with E-state index in [4.69, 9.17) is 25.1 Å². The third kappa shape index (κ3) is 2.51. The van der Waals surface area contributed by atoms with Crippen LogP contribution in [0.5, 0.6) is 17.2 Å². The molecule has 0 amide bonds. The van der Waals surface area contributed by atoms with E-state index >= 15 is 0 Å². The molecule has 0 fully saturated rings. The van der Waals surface area contributed by atoms with E-state index in [1.54, 1.807) is 0 Å². The van der Waals surface area contributed by atoms with Crippen molar-refractivity contribution in [2.24, 2.45) is 5.73 Å². The summed E-state index contributed by atoms with van der Waals surface area (Å²) in [6, 6.07) is 0.275. The SMILES string of the molecule is COc1cc(C(N)C(=O)O)c(OC)c(Br)c1OC. The molecular formula is C11H14BrNO5. The maximum atomic E-state index is 11.0. The molecule has 18 heavy (non-hydrogen) atoms. The van der Waals surface area contributed by atoms with Gasteiger partial charge in [-0.3, -0.25) is 4.79 Å². The van der Waals surface area contributed by atoms with E-state index < -0.39 is 12.0 Å². The number of hydrogen-bond acceptors (Lipinski definition) is 5. The van der Waals surface area contributed by atoms with Crippen LogP contribution in [0.3, 0.4) is 0 Å². The van der Waals surface area contributed by atoms with Crippen LogP contribution in [0.2, 0.25) is 0 Å². The maximum absolute atomic E-state index is 11.0. The fraction of sp³-hybridized carbons (Fsp3) is 0.364. The fourth-order valence-corrected chi connectivity index (χ4v) is 2.27. The van der Waals surface area contributed by atoms with Crippen LogP contribution in [-0.2, 0) is 4.79 Å². The first-order valence-electron chi connectivity index (χ1n) is 4.94. The number of hydrogen-bond donors (Lipinski definition) is 2. The summed E-state index contributed by atoms with van der Waals surface area (Å²) in [5.41, 5.74) is 5.90. The number of carboxylic acid groups (broad SMARTS) is 1. The average molecular weight is 320 g/mol. The van der Waals surface area contributed by atoms with Gasteiger partial charge >= 0.3 is 5.97 Å². The van der Waals surface area contributed by atoms with Crippen LogP contribution in [-0.4, -0.2) is 32.4 Å². The van der Waals surface area contributed by atoms with Gasteiger partial charge in [-0.25, -0.2) is 0 Å². The summed E-state index contributed by atoms with van der Waals surface area (Å²) >= 11 is 3.28. The highest BCUT2D eigenvalue weighted by Gasteiger charge is 2.25. The van der Waals surface area contributed by atoms with Gasteiger partial charge < -0.3 is 25.1 Å². The van der Waals surface area contributed by atoms with Crippen LogP contribution in [0.1, 0.15) is 11.6 Å². The zero-order chi connectivity index (χ0) is 13.9. The van der Waals surface area contributed by atoms with Crippen molar-refractivity contribution < 1.29 is 24.1 Å². The third-order valence-electron chi connectivity index (χ3n) is 2.40. The Labute approximate surface area is 113 Å². The normalized spacial score (nSPS) is 11.8. The number of ether oxygens (including phenoxy) is 3. The minimum atomic E-state index is -1.21. The Morgan fingerprint density at radius 2 is 1.83 bits per heavy atom. The molecule has 1 aromatic rings. The molecule has 0 aliphatic carbocycles. The summed E-state index contributed by atoms with van der Waals surface area (Å²) in [5, 5.41) is 8.97. The molecule has 1 unspecified atom stereocenters. The first kappa shape index (κ1) is 14.6. The molecule has 3 N–H and O–H groups in total. The van der Waals surface area contributed by atoms with Crippen molar-refractivity contribution in [1.29, 1.82) is 0 Å². The summed E-state index contributed by atoms with van der Waals surface area (Å²) in [6.45, 7) is 0. The molecule has 1 rings (SSSR count). The number of aliphatic carboxylic acids is 1. The Bertz CT molecular complexity index is 463. The Morgan fingerprint density at radius 3 is 2.22 bits per heavy atom. The largest absolute Gasteiger partial charge is 0.495 e. The maximum Gasteiger partial charge on any atom is 0.325 e. The van der Waals surface area contributed by atoms with Gasteiger partial charge in [0.05, 0.1) is 21.3 Å². The predicted octanol–water partition coefficient (Wildman–Crippen LogP) is 1.56. The zero-order valence-corrected chi connectivity index (χ0v) is 11.8. The summed E-state index contributed by atoms with van der Waals surface area (Å²) in [4.78, 5) is 11.0. The van der Waals surface area contributed by atoms with E-state index in [1.165, 1.54) is 27.4 Å². The molecule has 1 aromatic carbocycles. The number of halogens is 1. The van der Waals surface area contributed by atoms with Gasteiger partial charge in [-0.1, -0.05) is 0 Å². The number of carboxylic acids is 1. The summed E-state index contributed by atoms with van der Waals surface area (Å²) < 4.78 is 15.9. The van der Waals surface area contributed by atoms with Crippen LogP contribution in [0, 0.1) is 0 Å². The minimum absolute atomic E-state index is 0.300. The quantitative estimate of drug-likeness (QED) is 0.855. The van der Waals surface area contributed by atoms with Gasteiger partial charge in [0.15, 0.2) is 11.5 Å². The van der Waals surface area contributed by atoms with Crippen molar-refractivity contribution in [1.82, 2.24) is 0 Å². The Hall–Kier alpha value is -1.47. The summed E-state index contributed by atoms with van der Waals surface area (Å²) in [5.74, 6) is -0.0671. The predicted molar refractivity (Wildman–Crippen MR) is 68.4 cm³/mol. The third-order valence-corrected chi connectivity index (χ3v) is 3.12. The molecule has 0 saturated carbocycles. The first-order chi connectivity index (χ1) is 8.47. The van der Waals surface area contributed by atoms with Crippen molar-refractivity contribution >= 4 is 21.9 Å². The zero-order valence-electron chi connectivity index (χ0n) is 10.2. The van der Waals surface area contributed by atoms with Crippen molar-refractivity contribution in [3.63, 3.8) is 0 Å². The Kier molecular flexibility index (Phi) is 4.80. The van der Waals surface area contributed by atoms with Crippen LogP contribution in [0.15, 0.2) is 10.5 Å². The number of nitrogens with two attached hydrogens (primary N) is 1. The molecular weight excluding hydrogens is 306 g/mol. The van der Waals surface area contributed by atoms with E-state index in [1.807, 2.05) is 0 Å². The van der Waals surface area contributed by atoms with Crippen molar-refractivity contribution in [2.75, 3.05) is 21.3 Å². The first-order valence-corrected chi connectivity index (χ1v) is 5.73. The van der Waals surface area contributed by atoms with E-state index in [0.717, 1.165) is 0 Å². The molecule has 6 nitrogen and oxygen atoms in total. The molecule has 100 valence electrons. The number of benzene rings is 1. The molecule has 0 aromatic heterocycles. The van der Waals surface area contributed by atoms with Crippen LogP contribution >= 0.6 is 15.9 Å². The highest BCUT2D eigenvalue weighted by atomic mass is 79.9. The van der Waals surface area contributed by atoms with Gasteiger partial charge in [-0.05, 0) is 22.0 Å². The summed E-state index contributed by atoms with van der Waals surface area (Å²) in [7, 11) is 4.34. The van der Waals surface area contributed by atoms with Gasteiger partial charge in [0, 0.05) is 5.56 Å². The highest BCUT2D eigenvalue weighted by molar-refractivity contribution is 9.10. The molecule has 0 bridgehead atoms. The Morgan fingerprint density at radius 1 is 1.28 bits per heavy atom. The smallest absolute Gasteiger partial charge is 0.325 e. The average Bonchev–Trinajstić information content (AvgIpc) is 2.36. The second-order valence-corrected chi connectivity index (χ2v) is 4.16. The van der Waals surface area contributed by atoms with Crippen LogP contribution < -0.4 is 19.9 Å². The molecule has 0 aliphatic heterocycles. The van der Waals surface area contributed by atoms with E-state index in [-0.39, 0.29) is 0 Å². The topological polar surface area (TPSA) is 91.0 Å². The minimum Gasteiger partial charge on any atom is -0.495 e. The second-order valence-electron chi connectivity index (χ2n) is 3.36. The number of methoxy groups -OCH3 is 3. The monoisotopic (exact) mass is 319 g/mol. The molecule has 1 atom stereocenters. The lowest BCUT2D eigenvalue weighted by molar-refractivity contribution is -0.138. The summed E-state index contributed by atoms with van der Waals surface area (Å²) in [6.07, 6.45) is 0. The molecule has 0 heterocycles. The van der Waals surface area contributed by atoms with Crippen molar-refractivity contribution in [3.8, 4) is 17.2 Å². The van der Waals surface area contributed by atoms with E-state index in [9.17, 15) is 4.79 Å². The highest BCUT2D eigenvalue weighted by Crippen LogP contribution is 2.45. The molecule has 0 saturated heterocycles. The number of rotatable bonds is 5. The Balaban J connectivity index is 3.51. The van der Waals surface area contributed by atoms with E-state index in [0.29, 0.717) is 27.3 Å². The lowest BCUT2D eigenvalue weighted by Crippen LogP contribution is -2.21. The standard InChI is InChI=1S/C11H14BrNO5/c1-16-6-4-5(8(13)11(14)15)9(17-2)7(12)10(6)18-3/h4,8H,13H2,1-3H3,(H,14,15). The lowest BCUT2D eigenvalue weighted by Gasteiger charge is -2.18. The van der Waals surface area contributed by atoms with Gasteiger partial charge in [0.2, 0.25) is 0 Å². The van der Waals surface area contributed by atoms with Gasteiger partial charge in [-0.2, -0.15) is 0 Å². The van der Waals surface area contributed by atoms with Gasteiger partial charge in [0.25, 0.3) is 0 Å². The van der Waals surface area contributed by atoms with Crippen LogP contribution in [0.4, 0.5) is 0 Å². The van der Waals surface area contributed by atoms with Crippen LogP contribution in [0.25, 0.3) is 0 Å².